The number of hydrogen-bond donors (Lipinski definition) is 3. The Labute approximate surface area is 147 Å². The maximum absolute atomic E-state index is 12.1. The van der Waals surface area contributed by atoms with Crippen LogP contribution in [0.5, 0.6) is 0 Å². The maximum atomic E-state index is 12.1. The van der Waals surface area contributed by atoms with Gasteiger partial charge in [0.05, 0.1) is 19.1 Å². The predicted octanol–water partition coefficient (Wildman–Crippen LogP) is 1.78. The minimum atomic E-state index is -0.318. The molecule has 0 spiro atoms. The maximum Gasteiger partial charge on any atom is 0.239 e. The van der Waals surface area contributed by atoms with Gasteiger partial charge in [-0.3, -0.25) is 9.59 Å². The summed E-state index contributed by atoms with van der Waals surface area (Å²) in [5.41, 5.74) is 0.949. The van der Waals surface area contributed by atoms with Crippen LogP contribution in [0.4, 0.5) is 0 Å². The monoisotopic (exact) mass is 340 g/mol. The van der Waals surface area contributed by atoms with Crippen molar-refractivity contribution in [2.75, 3.05) is 13.1 Å². The van der Waals surface area contributed by atoms with E-state index in [-0.39, 0.29) is 36.8 Å². The number of amides is 2. The van der Waals surface area contributed by atoms with Gasteiger partial charge >= 0.3 is 0 Å². The molecule has 3 N–H and O–H groups in total. The standard InChI is InChI=1S/C20H24N2O3/c23-18-10-4-8-16(18)12-21-20(25)13-22-19(24)11-15-7-3-6-14-5-1-2-9-17(14)15/h1-3,5-7,9,16,18,23H,4,8,10-13H2,(H,21,25)(H,22,24). The first-order valence-electron chi connectivity index (χ1n) is 8.81. The second-order valence-corrected chi connectivity index (χ2v) is 6.65. The summed E-state index contributed by atoms with van der Waals surface area (Å²) in [4.78, 5) is 24.0. The highest BCUT2D eigenvalue weighted by Crippen LogP contribution is 2.24. The van der Waals surface area contributed by atoms with E-state index >= 15 is 0 Å². The molecule has 0 bridgehead atoms. The molecule has 1 aliphatic carbocycles. The van der Waals surface area contributed by atoms with Crippen molar-refractivity contribution in [2.45, 2.75) is 31.8 Å². The molecule has 2 atom stereocenters. The third kappa shape index (κ3) is 4.57. The van der Waals surface area contributed by atoms with E-state index in [9.17, 15) is 14.7 Å². The zero-order chi connectivity index (χ0) is 17.6. The molecule has 2 aromatic carbocycles. The number of hydrogen-bond acceptors (Lipinski definition) is 3. The molecule has 0 heterocycles. The second-order valence-electron chi connectivity index (χ2n) is 6.65. The van der Waals surface area contributed by atoms with E-state index in [0.717, 1.165) is 35.6 Å². The van der Waals surface area contributed by atoms with Gasteiger partial charge < -0.3 is 15.7 Å². The van der Waals surface area contributed by atoms with Gasteiger partial charge in [0.1, 0.15) is 0 Å². The fraction of sp³-hybridized carbons (Fsp3) is 0.400. The topological polar surface area (TPSA) is 78.4 Å². The molecule has 0 saturated heterocycles. The number of aliphatic hydroxyl groups excluding tert-OH is 1. The molecule has 3 rings (SSSR count). The van der Waals surface area contributed by atoms with Crippen molar-refractivity contribution in [1.82, 2.24) is 10.6 Å². The van der Waals surface area contributed by atoms with Gasteiger partial charge in [-0.1, -0.05) is 48.9 Å². The van der Waals surface area contributed by atoms with Gasteiger partial charge in [0.25, 0.3) is 0 Å². The molecule has 0 aliphatic heterocycles. The Morgan fingerprint density at radius 3 is 2.60 bits per heavy atom. The van der Waals surface area contributed by atoms with Gasteiger partial charge in [-0.15, -0.1) is 0 Å². The van der Waals surface area contributed by atoms with Gasteiger partial charge in [-0.05, 0) is 29.2 Å². The highest BCUT2D eigenvalue weighted by atomic mass is 16.3. The Morgan fingerprint density at radius 2 is 1.80 bits per heavy atom. The summed E-state index contributed by atoms with van der Waals surface area (Å²) in [6, 6.07) is 13.8. The van der Waals surface area contributed by atoms with E-state index in [0.29, 0.717) is 6.54 Å². The molecule has 0 aromatic heterocycles. The van der Waals surface area contributed by atoms with E-state index in [1.807, 2.05) is 42.5 Å². The van der Waals surface area contributed by atoms with E-state index < -0.39 is 0 Å². The van der Waals surface area contributed by atoms with Crippen molar-refractivity contribution in [3.8, 4) is 0 Å². The molecule has 2 amide bonds. The van der Waals surface area contributed by atoms with Crippen LogP contribution in [-0.2, 0) is 16.0 Å². The SMILES string of the molecule is O=C(CNC(=O)Cc1cccc2ccccc12)NCC1CCCC1O. The van der Waals surface area contributed by atoms with Crippen molar-refractivity contribution >= 4 is 22.6 Å². The van der Waals surface area contributed by atoms with E-state index in [1.165, 1.54) is 0 Å². The zero-order valence-corrected chi connectivity index (χ0v) is 14.2. The molecule has 1 fully saturated rings. The molecular weight excluding hydrogens is 316 g/mol. The summed E-state index contributed by atoms with van der Waals surface area (Å²) >= 11 is 0. The Hall–Kier alpha value is -2.40. The number of carbonyl (C=O) groups is 2. The van der Waals surface area contributed by atoms with Crippen LogP contribution in [0.1, 0.15) is 24.8 Å². The van der Waals surface area contributed by atoms with Crippen molar-refractivity contribution in [3.05, 3.63) is 48.0 Å². The van der Waals surface area contributed by atoms with Crippen molar-refractivity contribution in [3.63, 3.8) is 0 Å². The van der Waals surface area contributed by atoms with Crippen LogP contribution in [0.3, 0.4) is 0 Å². The smallest absolute Gasteiger partial charge is 0.239 e. The molecule has 2 aromatic rings. The number of benzene rings is 2. The van der Waals surface area contributed by atoms with Crippen LogP contribution in [0.25, 0.3) is 10.8 Å². The van der Waals surface area contributed by atoms with Gasteiger partial charge in [0.2, 0.25) is 11.8 Å². The number of carbonyl (C=O) groups excluding carboxylic acids is 2. The van der Waals surface area contributed by atoms with Crippen molar-refractivity contribution < 1.29 is 14.7 Å². The lowest BCUT2D eigenvalue weighted by Gasteiger charge is -2.15. The minimum absolute atomic E-state index is 0.0353. The Morgan fingerprint density at radius 1 is 1.00 bits per heavy atom. The van der Waals surface area contributed by atoms with Crippen LogP contribution in [-0.4, -0.2) is 36.1 Å². The molecule has 5 nitrogen and oxygen atoms in total. The first-order chi connectivity index (χ1) is 12.1. The largest absolute Gasteiger partial charge is 0.393 e. The number of fused-ring (bicyclic) bond motifs is 1. The van der Waals surface area contributed by atoms with Gasteiger partial charge in [0, 0.05) is 12.5 Å². The number of nitrogens with one attached hydrogen (secondary N) is 2. The fourth-order valence-electron chi connectivity index (χ4n) is 3.42. The summed E-state index contributed by atoms with van der Waals surface area (Å²) in [5, 5.41) is 17.4. The number of aliphatic hydroxyl groups is 1. The molecule has 0 radical (unpaired) electrons. The van der Waals surface area contributed by atoms with Crippen LogP contribution in [0.15, 0.2) is 42.5 Å². The molecule has 132 valence electrons. The van der Waals surface area contributed by atoms with Gasteiger partial charge in [-0.2, -0.15) is 0 Å². The highest BCUT2D eigenvalue weighted by molar-refractivity contribution is 5.91. The van der Waals surface area contributed by atoms with Gasteiger partial charge in [-0.25, -0.2) is 0 Å². The van der Waals surface area contributed by atoms with Crippen LogP contribution in [0, 0.1) is 5.92 Å². The molecular formula is C20H24N2O3. The minimum Gasteiger partial charge on any atom is -0.393 e. The third-order valence-corrected chi connectivity index (χ3v) is 4.86. The van der Waals surface area contributed by atoms with Gasteiger partial charge in [0.15, 0.2) is 0 Å². The first kappa shape index (κ1) is 17.4. The lowest BCUT2D eigenvalue weighted by molar-refractivity contribution is -0.125. The molecule has 25 heavy (non-hydrogen) atoms. The average molecular weight is 340 g/mol. The third-order valence-electron chi connectivity index (χ3n) is 4.86. The van der Waals surface area contributed by atoms with Crippen LogP contribution >= 0.6 is 0 Å². The molecule has 2 unspecified atom stereocenters. The lowest BCUT2D eigenvalue weighted by atomic mass is 10.0. The Kier molecular flexibility index (Phi) is 5.66. The summed E-state index contributed by atoms with van der Waals surface area (Å²) in [7, 11) is 0. The summed E-state index contributed by atoms with van der Waals surface area (Å²) in [6.45, 7) is 0.436. The molecule has 5 heteroatoms. The van der Waals surface area contributed by atoms with Crippen LogP contribution < -0.4 is 10.6 Å². The highest BCUT2D eigenvalue weighted by Gasteiger charge is 2.25. The predicted molar refractivity (Wildman–Crippen MR) is 97.0 cm³/mol. The van der Waals surface area contributed by atoms with Crippen molar-refractivity contribution in [1.29, 1.82) is 0 Å². The van der Waals surface area contributed by atoms with Crippen LogP contribution in [0.2, 0.25) is 0 Å². The fourth-order valence-corrected chi connectivity index (χ4v) is 3.42. The number of rotatable bonds is 6. The Bertz CT molecular complexity index is 754. The lowest BCUT2D eigenvalue weighted by Crippen LogP contribution is -2.40. The average Bonchev–Trinajstić information content (AvgIpc) is 3.03. The normalized spacial score (nSPS) is 19.7. The van der Waals surface area contributed by atoms with Crippen molar-refractivity contribution in [2.24, 2.45) is 5.92 Å². The summed E-state index contributed by atoms with van der Waals surface area (Å²) in [6.07, 6.45) is 2.68. The quantitative estimate of drug-likeness (QED) is 0.750. The Balaban J connectivity index is 1.46. The van der Waals surface area contributed by atoms with E-state index in [4.69, 9.17) is 0 Å². The van der Waals surface area contributed by atoms with E-state index in [1.54, 1.807) is 0 Å². The summed E-state index contributed by atoms with van der Waals surface area (Å²) < 4.78 is 0. The zero-order valence-electron chi connectivity index (χ0n) is 14.2. The summed E-state index contributed by atoms with van der Waals surface area (Å²) in [5.74, 6) is -0.256. The molecule has 1 saturated carbocycles. The first-order valence-corrected chi connectivity index (χ1v) is 8.81. The second kappa shape index (κ2) is 8.12. The van der Waals surface area contributed by atoms with E-state index in [2.05, 4.69) is 10.6 Å². The molecule has 1 aliphatic rings.